The van der Waals surface area contributed by atoms with Crippen molar-refractivity contribution in [2.75, 3.05) is 32.7 Å². The number of piperazine rings is 1. The minimum absolute atomic E-state index is 0.00231. The van der Waals surface area contributed by atoms with Crippen molar-refractivity contribution < 1.29 is 18.0 Å². The summed E-state index contributed by atoms with van der Waals surface area (Å²) in [7, 11) is -3.75. The normalized spacial score (nSPS) is 21.2. The lowest BCUT2D eigenvalue weighted by Crippen LogP contribution is -2.55. The minimum atomic E-state index is -3.75. The van der Waals surface area contributed by atoms with Gasteiger partial charge in [0.1, 0.15) is 6.04 Å². The van der Waals surface area contributed by atoms with Crippen molar-refractivity contribution in [2.24, 2.45) is 0 Å². The van der Waals surface area contributed by atoms with Gasteiger partial charge < -0.3 is 9.80 Å². The molecule has 0 spiro atoms. The Morgan fingerprint density at radius 2 is 1.46 bits per heavy atom. The fourth-order valence-electron chi connectivity index (χ4n) is 4.42. The van der Waals surface area contributed by atoms with Crippen LogP contribution in [-0.2, 0) is 19.6 Å². The third kappa shape index (κ3) is 3.80. The van der Waals surface area contributed by atoms with E-state index in [4.69, 9.17) is 0 Å². The van der Waals surface area contributed by atoms with Crippen LogP contribution >= 0.6 is 0 Å². The summed E-state index contributed by atoms with van der Waals surface area (Å²) in [5.74, 6) is -0.144. The lowest BCUT2D eigenvalue weighted by Gasteiger charge is -2.36. The summed E-state index contributed by atoms with van der Waals surface area (Å²) in [4.78, 5) is 28.3. The van der Waals surface area contributed by atoms with Crippen LogP contribution in [0.25, 0.3) is 0 Å². The van der Waals surface area contributed by atoms with E-state index in [0.29, 0.717) is 61.6 Å². The van der Waals surface area contributed by atoms with Gasteiger partial charge in [0.05, 0.1) is 4.90 Å². The topological polar surface area (TPSA) is 78.0 Å². The molecule has 28 heavy (non-hydrogen) atoms. The van der Waals surface area contributed by atoms with Crippen molar-refractivity contribution >= 4 is 21.8 Å². The van der Waals surface area contributed by atoms with Crippen LogP contribution in [0, 0.1) is 20.8 Å². The fraction of sp³-hybridized carbons (Fsp3) is 0.600. The van der Waals surface area contributed by atoms with E-state index in [9.17, 15) is 18.0 Å². The largest absolute Gasteiger partial charge is 0.339 e. The molecule has 154 valence electrons. The zero-order valence-corrected chi connectivity index (χ0v) is 17.9. The van der Waals surface area contributed by atoms with Gasteiger partial charge in [-0.2, -0.15) is 4.31 Å². The van der Waals surface area contributed by atoms with Crippen LogP contribution < -0.4 is 0 Å². The van der Waals surface area contributed by atoms with Crippen molar-refractivity contribution in [3.05, 3.63) is 28.8 Å². The molecule has 0 saturated carbocycles. The van der Waals surface area contributed by atoms with Crippen molar-refractivity contribution in [1.82, 2.24) is 14.1 Å². The molecule has 2 amide bonds. The summed E-state index contributed by atoms with van der Waals surface area (Å²) in [6.45, 7) is 9.33. The maximum Gasteiger partial charge on any atom is 0.244 e. The van der Waals surface area contributed by atoms with Crippen LogP contribution in [0.5, 0.6) is 0 Å². The second-order valence-corrected chi connectivity index (χ2v) is 9.66. The van der Waals surface area contributed by atoms with Gasteiger partial charge in [-0.3, -0.25) is 9.59 Å². The SMILES string of the molecule is CC(=O)N1CCN(C(=O)[C@H]2CCCN2S(=O)(=O)c2c(C)cc(C)cc2C)CC1. The van der Waals surface area contributed by atoms with Gasteiger partial charge >= 0.3 is 0 Å². The average molecular weight is 408 g/mol. The molecule has 1 aromatic carbocycles. The van der Waals surface area contributed by atoms with E-state index >= 15 is 0 Å². The van der Waals surface area contributed by atoms with E-state index in [1.54, 1.807) is 23.6 Å². The van der Waals surface area contributed by atoms with E-state index in [1.165, 1.54) is 11.2 Å². The number of amides is 2. The van der Waals surface area contributed by atoms with Crippen molar-refractivity contribution in [3.63, 3.8) is 0 Å². The maximum atomic E-state index is 13.4. The van der Waals surface area contributed by atoms with Gasteiger partial charge in [0.25, 0.3) is 0 Å². The molecule has 1 atom stereocenters. The third-order valence-corrected chi connectivity index (χ3v) is 7.91. The van der Waals surface area contributed by atoms with E-state index in [2.05, 4.69) is 0 Å². The number of hydrogen-bond donors (Lipinski definition) is 0. The number of carbonyl (C=O) groups is 2. The van der Waals surface area contributed by atoms with Crippen LogP contribution in [0.15, 0.2) is 17.0 Å². The van der Waals surface area contributed by atoms with Gasteiger partial charge in [-0.05, 0) is 44.7 Å². The highest BCUT2D eigenvalue weighted by Crippen LogP contribution is 2.31. The number of nitrogens with zero attached hydrogens (tertiary/aromatic N) is 3. The standard InChI is InChI=1S/C20H29N3O4S/c1-14-12-15(2)19(16(3)13-14)28(26,27)23-7-5-6-18(23)20(25)22-10-8-21(9-11-22)17(4)24/h12-13,18H,5-11H2,1-4H3/t18-/m1/s1. The van der Waals surface area contributed by atoms with Crippen LogP contribution in [-0.4, -0.2) is 73.1 Å². The van der Waals surface area contributed by atoms with Gasteiger partial charge in [-0.25, -0.2) is 8.42 Å². The number of benzene rings is 1. The molecule has 2 aliphatic heterocycles. The quantitative estimate of drug-likeness (QED) is 0.760. The number of sulfonamides is 1. The molecule has 3 rings (SSSR count). The molecule has 0 bridgehead atoms. The second-order valence-electron chi connectivity index (χ2n) is 7.83. The Labute approximate surface area is 167 Å². The van der Waals surface area contributed by atoms with Gasteiger partial charge in [-0.15, -0.1) is 0 Å². The molecule has 0 unspecified atom stereocenters. The highest BCUT2D eigenvalue weighted by atomic mass is 32.2. The van der Waals surface area contributed by atoms with Crippen molar-refractivity contribution in [1.29, 1.82) is 0 Å². The zero-order valence-electron chi connectivity index (χ0n) is 17.1. The first-order chi connectivity index (χ1) is 13.1. The van der Waals surface area contributed by atoms with Crippen LogP contribution in [0.1, 0.15) is 36.5 Å². The molecule has 2 heterocycles. The molecule has 1 aromatic rings. The average Bonchev–Trinajstić information content (AvgIpc) is 3.10. The Morgan fingerprint density at radius 1 is 0.929 bits per heavy atom. The van der Waals surface area contributed by atoms with Gasteiger partial charge in [-0.1, -0.05) is 17.7 Å². The van der Waals surface area contributed by atoms with E-state index in [1.807, 2.05) is 19.1 Å². The molecule has 0 radical (unpaired) electrons. The zero-order chi connectivity index (χ0) is 20.6. The number of rotatable bonds is 3. The van der Waals surface area contributed by atoms with Gasteiger partial charge in [0, 0.05) is 39.6 Å². The Morgan fingerprint density at radius 3 is 2.00 bits per heavy atom. The summed E-state index contributed by atoms with van der Waals surface area (Å²) >= 11 is 0. The smallest absolute Gasteiger partial charge is 0.244 e. The Balaban J connectivity index is 1.83. The Hall–Kier alpha value is -1.93. The first kappa shape index (κ1) is 20.8. The Bertz CT molecular complexity index is 866. The van der Waals surface area contributed by atoms with Crippen LogP contribution in [0.2, 0.25) is 0 Å². The predicted molar refractivity (Wildman–Crippen MR) is 106 cm³/mol. The van der Waals surface area contributed by atoms with Crippen LogP contribution in [0.3, 0.4) is 0 Å². The van der Waals surface area contributed by atoms with Gasteiger partial charge in [0.15, 0.2) is 0 Å². The number of carbonyl (C=O) groups excluding carboxylic acids is 2. The van der Waals surface area contributed by atoms with E-state index in [0.717, 1.165) is 5.56 Å². The molecule has 0 aromatic heterocycles. The lowest BCUT2D eigenvalue weighted by molar-refractivity contribution is -0.140. The number of aryl methyl sites for hydroxylation is 3. The number of hydrogen-bond acceptors (Lipinski definition) is 4. The van der Waals surface area contributed by atoms with Crippen molar-refractivity contribution in [3.8, 4) is 0 Å². The molecule has 2 saturated heterocycles. The molecule has 2 fully saturated rings. The minimum Gasteiger partial charge on any atom is -0.339 e. The molecule has 7 nitrogen and oxygen atoms in total. The molecule has 2 aliphatic rings. The summed E-state index contributed by atoms with van der Waals surface area (Å²) in [5, 5.41) is 0. The summed E-state index contributed by atoms with van der Waals surface area (Å²) in [6.07, 6.45) is 1.21. The first-order valence-corrected chi connectivity index (χ1v) is 11.2. The van der Waals surface area contributed by atoms with Crippen molar-refractivity contribution in [2.45, 2.75) is 51.5 Å². The molecular formula is C20H29N3O4S. The second kappa shape index (κ2) is 7.83. The highest BCUT2D eigenvalue weighted by Gasteiger charge is 2.42. The molecule has 0 N–H and O–H groups in total. The van der Waals surface area contributed by atoms with Crippen LogP contribution in [0.4, 0.5) is 0 Å². The maximum absolute atomic E-state index is 13.4. The lowest BCUT2D eigenvalue weighted by atomic mass is 10.1. The summed E-state index contributed by atoms with van der Waals surface area (Å²) in [5.41, 5.74) is 2.45. The summed E-state index contributed by atoms with van der Waals surface area (Å²) in [6, 6.07) is 3.08. The summed E-state index contributed by atoms with van der Waals surface area (Å²) < 4.78 is 28.2. The predicted octanol–water partition coefficient (Wildman–Crippen LogP) is 1.46. The van der Waals surface area contributed by atoms with Gasteiger partial charge in [0.2, 0.25) is 21.8 Å². The van der Waals surface area contributed by atoms with E-state index in [-0.39, 0.29) is 11.8 Å². The molecule has 8 heteroatoms. The molecule has 0 aliphatic carbocycles. The first-order valence-electron chi connectivity index (χ1n) is 9.77. The monoisotopic (exact) mass is 407 g/mol. The highest BCUT2D eigenvalue weighted by molar-refractivity contribution is 7.89. The fourth-order valence-corrected chi connectivity index (χ4v) is 6.48. The van der Waals surface area contributed by atoms with E-state index < -0.39 is 16.1 Å². The Kier molecular flexibility index (Phi) is 5.82. The third-order valence-electron chi connectivity index (χ3n) is 5.70. The molecular weight excluding hydrogens is 378 g/mol.